The molecule has 1 aromatic rings. The van der Waals surface area contributed by atoms with Gasteiger partial charge in [-0.3, -0.25) is 4.79 Å². The molecule has 0 amide bonds. The Kier molecular flexibility index (Phi) is 4.61. The molecule has 17 heavy (non-hydrogen) atoms. The topological polar surface area (TPSA) is 17.1 Å². The lowest BCUT2D eigenvalue weighted by atomic mass is 10.2. The normalized spacial score (nSPS) is 11.6. The minimum absolute atomic E-state index is 0.0626. The maximum absolute atomic E-state index is 12.2. The van der Waals surface area contributed by atoms with Crippen molar-refractivity contribution in [3.8, 4) is 0 Å². The maximum atomic E-state index is 12.2. The molecule has 0 radical (unpaired) electrons. The number of allylic oxidation sites excluding steroid dienone is 3. The maximum Gasteiger partial charge on any atom is 0.195 e. The first kappa shape index (κ1) is 13.1. The fourth-order valence-electron chi connectivity index (χ4n) is 1.37. The highest BCUT2D eigenvalue weighted by atomic mass is 32.1. The quantitative estimate of drug-likeness (QED) is 0.741. The summed E-state index contributed by atoms with van der Waals surface area (Å²) < 4.78 is 0.726. The van der Waals surface area contributed by atoms with E-state index in [2.05, 4.69) is 26.3 Å². The Morgan fingerprint density at radius 3 is 2.29 bits per heavy atom. The zero-order chi connectivity index (χ0) is 12.8. The van der Waals surface area contributed by atoms with Crippen LogP contribution in [0.4, 0.5) is 0 Å². The molecule has 0 aliphatic heterocycles. The number of hydrogen-bond donors (Lipinski definition) is 0. The molecule has 0 saturated heterocycles. The standard InChI is InChI=1S/C15H14OS/c1-5-8-9-10-13-11(4)17-14(7-3)12(6-2)15(13)16/h5-10H,1-4H2/b9-8-,13-10+. The van der Waals surface area contributed by atoms with E-state index in [4.69, 9.17) is 0 Å². The van der Waals surface area contributed by atoms with Crippen molar-refractivity contribution in [1.29, 1.82) is 0 Å². The molecular formula is C15H14OS. The van der Waals surface area contributed by atoms with E-state index < -0.39 is 0 Å². The largest absolute Gasteiger partial charge is 0.289 e. The molecule has 1 nitrogen and oxygen atoms in total. The second-order valence-electron chi connectivity index (χ2n) is 3.24. The van der Waals surface area contributed by atoms with Crippen LogP contribution in [-0.4, -0.2) is 0 Å². The highest BCUT2D eigenvalue weighted by Crippen LogP contribution is 2.07. The summed E-state index contributed by atoms with van der Waals surface area (Å²) in [6.07, 6.45) is 10.1. The van der Waals surface area contributed by atoms with Crippen molar-refractivity contribution in [2.45, 2.75) is 0 Å². The highest BCUT2D eigenvalue weighted by Gasteiger charge is 2.03. The molecule has 0 aliphatic rings. The molecule has 0 spiro atoms. The van der Waals surface area contributed by atoms with E-state index in [1.54, 1.807) is 36.5 Å². The Bertz CT molecular complexity index is 645. The van der Waals surface area contributed by atoms with Crippen LogP contribution in [0.3, 0.4) is 0 Å². The molecular weight excluding hydrogens is 228 g/mol. The van der Waals surface area contributed by atoms with Gasteiger partial charge < -0.3 is 0 Å². The van der Waals surface area contributed by atoms with Gasteiger partial charge in [0, 0.05) is 20.2 Å². The van der Waals surface area contributed by atoms with Gasteiger partial charge in [-0.25, -0.2) is 0 Å². The first-order chi connectivity index (χ1) is 8.15. The smallest absolute Gasteiger partial charge is 0.195 e. The van der Waals surface area contributed by atoms with E-state index in [9.17, 15) is 4.79 Å². The first-order valence-electron chi connectivity index (χ1n) is 5.06. The summed E-state index contributed by atoms with van der Waals surface area (Å²) in [4.78, 5) is 13.0. The van der Waals surface area contributed by atoms with E-state index in [0.717, 1.165) is 9.41 Å². The summed E-state index contributed by atoms with van der Waals surface area (Å²) in [5.41, 5.74) is 0.517. The van der Waals surface area contributed by atoms with Gasteiger partial charge in [-0.2, -0.15) is 0 Å². The lowest BCUT2D eigenvalue weighted by Gasteiger charge is -1.98. The molecule has 0 unspecified atom stereocenters. The lowest BCUT2D eigenvalue weighted by molar-refractivity contribution is 1.49. The Morgan fingerprint density at radius 1 is 1.06 bits per heavy atom. The van der Waals surface area contributed by atoms with Crippen molar-refractivity contribution in [2.24, 2.45) is 0 Å². The summed E-state index contributed by atoms with van der Waals surface area (Å²) in [5.74, 6) is 0. The summed E-state index contributed by atoms with van der Waals surface area (Å²) in [5, 5.41) is 0.591. The minimum Gasteiger partial charge on any atom is -0.289 e. The van der Waals surface area contributed by atoms with Gasteiger partial charge in [0.1, 0.15) is 0 Å². The van der Waals surface area contributed by atoms with Gasteiger partial charge >= 0.3 is 0 Å². The van der Waals surface area contributed by atoms with Gasteiger partial charge in [0.15, 0.2) is 5.43 Å². The first-order valence-corrected chi connectivity index (χ1v) is 5.87. The minimum atomic E-state index is -0.0626. The molecule has 0 atom stereocenters. The molecule has 0 aromatic carbocycles. The predicted molar refractivity (Wildman–Crippen MR) is 79.3 cm³/mol. The van der Waals surface area contributed by atoms with Gasteiger partial charge in [0.2, 0.25) is 0 Å². The fourth-order valence-corrected chi connectivity index (χ4v) is 2.28. The molecule has 1 rings (SSSR count). The SMILES string of the molecule is C=C/C=C\C=c1/c(=C)sc(C=C)c(C=C)c1=O. The molecule has 1 aromatic heterocycles. The molecule has 2 heteroatoms. The molecule has 1 heterocycles. The Hall–Kier alpha value is -1.93. The molecule has 0 N–H and O–H groups in total. The van der Waals surface area contributed by atoms with E-state index in [-0.39, 0.29) is 5.43 Å². The molecule has 0 fully saturated rings. The summed E-state index contributed by atoms with van der Waals surface area (Å²) in [7, 11) is 0. The number of rotatable bonds is 4. The van der Waals surface area contributed by atoms with Gasteiger partial charge in [-0.15, -0.1) is 11.3 Å². The fraction of sp³-hybridized carbons (Fsp3) is 0. The third-order valence-electron chi connectivity index (χ3n) is 2.19. The molecule has 0 saturated carbocycles. The van der Waals surface area contributed by atoms with Crippen LogP contribution in [0.1, 0.15) is 10.4 Å². The van der Waals surface area contributed by atoms with Gasteiger partial charge in [0.05, 0.1) is 0 Å². The van der Waals surface area contributed by atoms with Gasteiger partial charge in [0.25, 0.3) is 0 Å². The number of hydrogen-bond acceptors (Lipinski definition) is 2. The van der Waals surface area contributed by atoms with E-state index in [1.165, 1.54) is 11.3 Å². The third kappa shape index (κ3) is 2.80. The van der Waals surface area contributed by atoms with E-state index in [1.807, 2.05) is 0 Å². The lowest BCUT2D eigenvalue weighted by Crippen LogP contribution is -2.38. The van der Waals surface area contributed by atoms with Crippen molar-refractivity contribution in [1.82, 2.24) is 0 Å². The molecule has 0 bridgehead atoms. The summed E-state index contributed by atoms with van der Waals surface area (Å²) in [6, 6.07) is 0. The van der Waals surface area contributed by atoms with Crippen molar-refractivity contribution < 1.29 is 0 Å². The van der Waals surface area contributed by atoms with Crippen molar-refractivity contribution in [3.05, 3.63) is 68.4 Å². The monoisotopic (exact) mass is 242 g/mol. The van der Waals surface area contributed by atoms with Crippen molar-refractivity contribution in [2.75, 3.05) is 0 Å². The zero-order valence-electron chi connectivity index (χ0n) is 9.61. The zero-order valence-corrected chi connectivity index (χ0v) is 10.4. The molecule has 0 aliphatic carbocycles. The average Bonchev–Trinajstić information content (AvgIpc) is 2.32. The van der Waals surface area contributed by atoms with E-state index in [0.29, 0.717) is 10.8 Å². The van der Waals surface area contributed by atoms with E-state index >= 15 is 0 Å². The second kappa shape index (κ2) is 5.97. The van der Waals surface area contributed by atoms with Crippen LogP contribution in [0, 0.1) is 0 Å². The van der Waals surface area contributed by atoms with Crippen molar-refractivity contribution in [3.63, 3.8) is 0 Å². The van der Waals surface area contributed by atoms with Gasteiger partial charge in [-0.1, -0.05) is 56.7 Å². The summed E-state index contributed by atoms with van der Waals surface area (Å²) in [6.45, 7) is 14.8. The van der Waals surface area contributed by atoms with Crippen LogP contribution in [0.25, 0.3) is 24.8 Å². The third-order valence-corrected chi connectivity index (χ3v) is 3.26. The average molecular weight is 242 g/mol. The van der Waals surface area contributed by atoms with Crippen LogP contribution in [0.15, 0.2) is 42.8 Å². The Morgan fingerprint density at radius 2 is 1.76 bits per heavy atom. The summed E-state index contributed by atoms with van der Waals surface area (Å²) >= 11 is 1.44. The van der Waals surface area contributed by atoms with Crippen LogP contribution in [0.2, 0.25) is 0 Å². The van der Waals surface area contributed by atoms with Crippen LogP contribution < -0.4 is 15.2 Å². The molecule has 86 valence electrons. The highest BCUT2D eigenvalue weighted by molar-refractivity contribution is 7.10. The van der Waals surface area contributed by atoms with Crippen molar-refractivity contribution >= 4 is 36.1 Å². The Labute approximate surface area is 105 Å². The Balaban J connectivity index is 3.71. The predicted octanol–water partition coefficient (Wildman–Crippen LogP) is 2.33. The van der Waals surface area contributed by atoms with Crippen LogP contribution in [-0.2, 0) is 0 Å². The van der Waals surface area contributed by atoms with Gasteiger partial charge in [-0.05, 0) is 6.08 Å². The van der Waals surface area contributed by atoms with Crippen LogP contribution in [0.5, 0.6) is 0 Å². The van der Waals surface area contributed by atoms with Crippen LogP contribution >= 0.6 is 11.3 Å². The second-order valence-corrected chi connectivity index (χ2v) is 4.38.